The molecule has 144 valence electrons. The van der Waals surface area contributed by atoms with Gasteiger partial charge in [-0.25, -0.2) is 0 Å². The van der Waals surface area contributed by atoms with Crippen LogP contribution in [-0.2, 0) is 0 Å². The normalized spacial score (nSPS) is 10.4. The van der Waals surface area contributed by atoms with Gasteiger partial charge in [0.15, 0.2) is 11.5 Å². The quantitative estimate of drug-likeness (QED) is 0.684. The topological polar surface area (TPSA) is 104 Å². The minimum Gasteiger partial charge on any atom is -0.493 e. The molecule has 7 nitrogen and oxygen atoms in total. The van der Waals surface area contributed by atoms with Crippen LogP contribution in [0.15, 0.2) is 53.5 Å². The first-order chi connectivity index (χ1) is 13.5. The maximum atomic E-state index is 12.5. The Balaban J connectivity index is 2.12. The Morgan fingerprint density at radius 3 is 1.96 bits per heavy atom. The molecule has 0 radical (unpaired) electrons. The molecule has 28 heavy (non-hydrogen) atoms. The van der Waals surface area contributed by atoms with E-state index in [2.05, 4.69) is 4.98 Å². The summed E-state index contributed by atoms with van der Waals surface area (Å²) < 4.78 is 16.1. The lowest BCUT2D eigenvalue weighted by molar-refractivity contribution is 0.100. The van der Waals surface area contributed by atoms with Crippen molar-refractivity contribution in [3.8, 4) is 39.5 Å². The van der Waals surface area contributed by atoms with Gasteiger partial charge in [-0.3, -0.25) is 9.59 Å². The first-order valence-corrected chi connectivity index (χ1v) is 8.41. The van der Waals surface area contributed by atoms with Crippen LogP contribution in [0.5, 0.6) is 17.2 Å². The van der Waals surface area contributed by atoms with Crippen molar-refractivity contribution in [2.75, 3.05) is 21.3 Å². The second kappa shape index (κ2) is 7.87. The molecule has 1 heterocycles. The van der Waals surface area contributed by atoms with Crippen molar-refractivity contribution in [3.05, 3.63) is 64.6 Å². The number of nitrogens with one attached hydrogen (secondary N) is 1. The number of pyridine rings is 1. The van der Waals surface area contributed by atoms with Crippen LogP contribution < -0.4 is 25.5 Å². The van der Waals surface area contributed by atoms with Gasteiger partial charge in [-0.15, -0.1) is 0 Å². The molecule has 0 bridgehead atoms. The van der Waals surface area contributed by atoms with Crippen LogP contribution in [0.1, 0.15) is 10.4 Å². The highest BCUT2D eigenvalue weighted by atomic mass is 16.5. The van der Waals surface area contributed by atoms with Crippen LogP contribution in [0.3, 0.4) is 0 Å². The molecule has 3 N–H and O–H groups in total. The summed E-state index contributed by atoms with van der Waals surface area (Å²) in [6, 6.07) is 12.0. The summed E-state index contributed by atoms with van der Waals surface area (Å²) in [6.45, 7) is 0. The van der Waals surface area contributed by atoms with Crippen LogP contribution in [0.4, 0.5) is 0 Å². The molecule has 7 heteroatoms. The summed E-state index contributed by atoms with van der Waals surface area (Å²) in [5.41, 5.74) is 8.10. The van der Waals surface area contributed by atoms with Crippen molar-refractivity contribution in [2.45, 2.75) is 0 Å². The Labute approximate surface area is 161 Å². The molecule has 1 aromatic heterocycles. The minimum atomic E-state index is -0.494. The van der Waals surface area contributed by atoms with Crippen molar-refractivity contribution >= 4 is 5.91 Å². The number of aromatic nitrogens is 1. The molecule has 0 fully saturated rings. The van der Waals surface area contributed by atoms with Gasteiger partial charge in [-0.05, 0) is 47.0 Å². The van der Waals surface area contributed by atoms with Crippen LogP contribution in [0.2, 0.25) is 0 Å². The fourth-order valence-electron chi connectivity index (χ4n) is 2.93. The number of hydrogen-bond donors (Lipinski definition) is 2. The third-order valence-electron chi connectivity index (χ3n) is 4.38. The van der Waals surface area contributed by atoms with Gasteiger partial charge in [0.2, 0.25) is 11.7 Å². The van der Waals surface area contributed by atoms with Crippen LogP contribution in [0, 0.1) is 0 Å². The Bertz CT molecular complexity index is 1050. The minimum absolute atomic E-state index is 0.258. The summed E-state index contributed by atoms with van der Waals surface area (Å²) in [5, 5.41) is 0. The fourth-order valence-corrected chi connectivity index (χ4v) is 2.93. The van der Waals surface area contributed by atoms with Gasteiger partial charge in [0.25, 0.3) is 5.56 Å². The molecule has 3 rings (SSSR count). The lowest BCUT2D eigenvalue weighted by Crippen LogP contribution is -2.10. The summed E-state index contributed by atoms with van der Waals surface area (Å²) >= 11 is 0. The van der Waals surface area contributed by atoms with E-state index in [-0.39, 0.29) is 5.56 Å². The molecule has 0 spiro atoms. The number of nitrogens with two attached hydrogens (primary N) is 1. The Morgan fingerprint density at radius 2 is 1.46 bits per heavy atom. The number of H-pyrrole nitrogens is 1. The number of carbonyl (C=O) groups excluding carboxylic acids is 1. The number of amides is 1. The molecule has 3 aromatic rings. The predicted octanol–water partition coefficient (Wildman–Crippen LogP) is 2.83. The first kappa shape index (κ1) is 19.0. The molecule has 0 unspecified atom stereocenters. The lowest BCUT2D eigenvalue weighted by Gasteiger charge is -2.14. The van der Waals surface area contributed by atoms with E-state index in [1.54, 1.807) is 48.7 Å². The van der Waals surface area contributed by atoms with E-state index >= 15 is 0 Å². The van der Waals surface area contributed by atoms with Gasteiger partial charge in [0.1, 0.15) is 0 Å². The second-order valence-electron chi connectivity index (χ2n) is 5.99. The lowest BCUT2D eigenvalue weighted by atomic mass is 10.00. The largest absolute Gasteiger partial charge is 0.493 e. The zero-order valence-corrected chi connectivity index (χ0v) is 15.7. The summed E-state index contributed by atoms with van der Waals surface area (Å²) in [6.07, 6.45) is 1.61. The van der Waals surface area contributed by atoms with E-state index in [1.165, 1.54) is 21.3 Å². The van der Waals surface area contributed by atoms with Gasteiger partial charge in [0, 0.05) is 17.3 Å². The maximum absolute atomic E-state index is 12.5. The number of methoxy groups -OCH3 is 3. The number of benzene rings is 2. The maximum Gasteiger partial charge on any atom is 0.255 e. The predicted molar refractivity (Wildman–Crippen MR) is 106 cm³/mol. The number of carbonyl (C=O) groups is 1. The molecule has 1 amide bonds. The number of rotatable bonds is 6. The van der Waals surface area contributed by atoms with E-state index in [4.69, 9.17) is 19.9 Å². The van der Waals surface area contributed by atoms with E-state index in [1.807, 2.05) is 0 Å². The number of ether oxygens (including phenoxy) is 3. The molecular weight excluding hydrogens is 360 g/mol. The van der Waals surface area contributed by atoms with Gasteiger partial charge < -0.3 is 24.9 Å². The average Bonchev–Trinajstić information content (AvgIpc) is 2.73. The molecule has 0 aliphatic carbocycles. The molecule has 0 saturated heterocycles. The highest BCUT2D eigenvalue weighted by Crippen LogP contribution is 2.40. The summed E-state index contributed by atoms with van der Waals surface area (Å²) in [4.78, 5) is 26.5. The fraction of sp³-hybridized carbons (Fsp3) is 0.143. The van der Waals surface area contributed by atoms with E-state index in [0.29, 0.717) is 33.9 Å². The highest BCUT2D eigenvalue weighted by Gasteiger charge is 2.16. The molecule has 0 aliphatic heterocycles. The second-order valence-corrected chi connectivity index (χ2v) is 5.99. The Hall–Kier alpha value is -3.74. The van der Waals surface area contributed by atoms with Crippen LogP contribution >= 0.6 is 0 Å². The highest BCUT2D eigenvalue weighted by molar-refractivity contribution is 5.93. The number of primary amides is 1. The Morgan fingerprint density at radius 1 is 0.857 bits per heavy atom. The van der Waals surface area contributed by atoms with Crippen LogP contribution in [0.25, 0.3) is 22.3 Å². The molecule has 2 aromatic carbocycles. The summed E-state index contributed by atoms with van der Waals surface area (Å²) in [5.74, 6) is 0.856. The third-order valence-corrected chi connectivity index (χ3v) is 4.38. The van der Waals surface area contributed by atoms with Crippen molar-refractivity contribution in [1.82, 2.24) is 4.98 Å². The molecule has 0 atom stereocenters. The van der Waals surface area contributed by atoms with Gasteiger partial charge in [-0.2, -0.15) is 0 Å². The number of hydrogen-bond acceptors (Lipinski definition) is 5. The van der Waals surface area contributed by atoms with Gasteiger partial charge in [0.05, 0.1) is 21.3 Å². The third kappa shape index (κ3) is 3.55. The average molecular weight is 380 g/mol. The monoisotopic (exact) mass is 380 g/mol. The van der Waals surface area contributed by atoms with Crippen molar-refractivity contribution in [3.63, 3.8) is 0 Å². The standard InChI is InChI=1S/C21H20N2O5/c1-26-17-9-14(10-18(27-2)19(17)28-3)16-8-15(11-23-21(16)25)12-4-6-13(7-5-12)20(22)24/h4-11H,1-3H3,(H2,22,24)(H,23,25). The molecule has 0 saturated carbocycles. The summed E-state index contributed by atoms with van der Waals surface area (Å²) in [7, 11) is 4.55. The van der Waals surface area contributed by atoms with Crippen LogP contribution in [-0.4, -0.2) is 32.2 Å². The van der Waals surface area contributed by atoms with E-state index < -0.39 is 5.91 Å². The smallest absolute Gasteiger partial charge is 0.255 e. The molecule has 0 aliphatic rings. The zero-order valence-electron chi connectivity index (χ0n) is 15.7. The zero-order chi connectivity index (χ0) is 20.3. The van der Waals surface area contributed by atoms with Crippen molar-refractivity contribution in [2.24, 2.45) is 5.73 Å². The van der Waals surface area contributed by atoms with E-state index in [9.17, 15) is 9.59 Å². The van der Waals surface area contributed by atoms with Gasteiger partial charge >= 0.3 is 0 Å². The van der Waals surface area contributed by atoms with Gasteiger partial charge in [-0.1, -0.05) is 12.1 Å². The first-order valence-electron chi connectivity index (χ1n) is 8.41. The van der Waals surface area contributed by atoms with Crippen molar-refractivity contribution < 1.29 is 19.0 Å². The number of aromatic amines is 1. The SMILES string of the molecule is COc1cc(-c2cc(-c3ccc(C(N)=O)cc3)c[nH]c2=O)cc(OC)c1OC. The molecular formula is C21H20N2O5. The van der Waals surface area contributed by atoms with E-state index in [0.717, 1.165) is 11.1 Å². The Kier molecular flexibility index (Phi) is 5.35. The van der Waals surface area contributed by atoms with Crippen molar-refractivity contribution in [1.29, 1.82) is 0 Å².